The van der Waals surface area contributed by atoms with E-state index >= 15 is 0 Å². The number of likely N-dealkylation sites (tertiary alicyclic amines) is 1. The van der Waals surface area contributed by atoms with E-state index in [4.69, 9.17) is 0 Å². The van der Waals surface area contributed by atoms with Gasteiger partial charge in [-0.1, -0.05) is 0 Å². The summed E-state index contributed by atoms with van der Waals surface area (Å²) < 4.78 is 1.84. The minimum Gasteiger partial charge on any atom is -0.481 e. The average molecular weight is 307 g/mol. The molecule has 122 valence electrons. The van der Waals surface area contributed by atoms with Gasteiger partial charge >= 0.3 is 5.97 Å². The summed E-state index contributed by atoms with van der Waals surface area (Å²) in [5, 5.41) is 13.5. The Morgan fingerprint density at radius 3 is 2.45 bits per heavy atom. The summed E-state index contributed by atoms with van der Waals surface area (Å²) in [7, 11) is 0. The molecule has 1 fully saturated rings. The van der Waals surface area contributed by atoms with Gasteiger partial charge in [-0.05, 0) is 47.5 Å². The SMILES string of the molecule is Cc1c(C(=O)N2CC(C(=O)O)CCC2C)cnn1C(C)(C)C. The quantitative estimate of drug-likeness (QED) is 0.909. The molecular weight excluding hydrogens is 282 g/mol. The topological polar surface area (TPSA) is 75.4 Å². The molecule has 1 saturated heterocycles. The van der Waals surface area contributed by atoms with Gasteiger partial charge in [0.15, 0.2) is 0 Å². The van der Waals surface area contributed by atoms with Crippen LogP contribution < -0.4 is 0 Å². The van der Waals surface area contributed by atoms with Crippen LogP contribution in [-0.4, -0.2) is 44.3 Å². The first-order valence-corrected chi connectivity index (χ1v) is 7.71. The maximum Gasteiger partial charge on any atom is 0.308 e. The van der Waals surface area contributed by atoms with Crippen molar-refractivity contribution < 1.29 is 14.7 Å². The van der Waals surface area contributed by atoms with E-state index in [1.54, 1.807) is 11.1 Å². The Morgan fingerprint density at radius 1 is 1.32 bits per heavy atom. The van der Waals surface area contributed by atoms with E-state index in [9.17, 15) is 14.7 Å². The highest BCUT2D eigenvalue weighted by Crippen LogP contribution is 2.26. The van der Waals surface area contributed by atoms with E-state index in [2.05, 4.69) is 5.10 Å². The molecule has 6 heteroatoms. The highest BCUT2D eigenvalue weighted by Gasteiger charge is 2.34. The largest absolute Gasteiger partial charge is 0.481 e. The highest BCUT2D eigenvalue weighted by molar-refractivity contribution is 5.95. The van der Waals surface area contributed by atoms with Gasteiger partial charge in [-0.2, -0.15) is 5.10 Å². The zero-order valence-electron chi connectivity index (χ0n) is 14.0. The van der Waals surface area contributed by atoms with Crippen molar-refractivity contribution in [1.82, 2.24) is 14.7 Å². The van der Waals surface area contributed by atoms with Crippen molar-refractivity contribution in [3.05, 3.63) is 17.5 Å². The third-order valence-corrected chi connectivity index (χ3v) is 4.37. The molecule has 1 amide bonds. The van der Waals surface area contributed by atoms with Crippen LogP contribution in [-0.2, 0) is 10.3 Å². The fourth-order valence-corrected chi connectivity index (χ4v) is 3.04. The van der Waals surface area contributed by atoms with Gasteiger partial charge in [-0.15, -0.1) is 0 Å². The summed E-state index contributed by atoms with van der Waals surface area (Å²) in [4.78, 5) is 25.7. The minimum absolute atomic E-state index is 0.0560. The molecule has 0 radical (unpaired) electrons. The Hall–Kier alpha value is -1.85. The van der Waals surface area contributed by atoms with E-state index in [0.717, 1.165) is 12.1 Å². The molecule has 1 N–H and O–H groups in total. The van der Waals surface area contributed by atoms with Gasteiger partial charge in [0.1, 0.15) is 0 Å². The molecule has 2 atom stereocenters. The van der Waals surface area contributed by atoms with E-state index in [1.165, 1.54) is 0 Å². The fraction of sp³-hybridized carbons (Fsp3) is 0.688. The molecule has 0 aromatic carbocycles. The molecule has 22 heavy (non-hydrogen) atoms. The maximum atomic E-state index is 12.8. The van der Waals surface area contributed by atoms with E-state index < -0.39 is 11.9 Å². The lowest BCUT2D eigenvalue weighted by atomic mass is 9.93. The standard InChI is InChI=1S/C16H25N3O3/c1-10-6-7-12(15(21)22)9-18(10)14(20)13-8-17-19(11(13)2)16(3,4)5/h8,10,12H,6-7,9H2,1-5H3,(H,21,22). The van der Waals surface area contributed by atoms with Crippen LogP contribution in [0.3, 0.4) is 0 Å². The summed E-state index contributed by atoms with van der Waals surface area (Å²) >= 11 is 0. The van der Waals surface area contributed by atoms with Gasteiger partial charge in [0.2, 0.25) is 0 Å². The molecule has 6 nitrogen and oxygen atoms in total. The Bertz CT molecular complexity index is 586. The Balaban J connectivity index is 2.27. The van der Waals surface area contributed by atoms with Crippen molar-refractivity contribution in [3.8, 4) is 0 Å². The third-order valence-electron chi connectivity index (χ3n) is 4.37. The molecule has 0 bridgehead atoms. The lowest BCUT2D eigenvalue weighted by Crippen LogP contribution is -2.47. The van der Waals surface area contributed by atoms with Crippen molar-refractivity contribution in [1.29, 1.82) is 0 Å². The van der Waals surface area contributed by atoms with Gasteiger partial charge in [-0.3, -0.25) is 14.3 Å². The van der Waals surface area contributed by atoms with E-state index in [1.807, 2.05) is 39.3 Å². The van der Waals surface area contributed by atoms with Crippen molar-refractivity contribution in [2.75, 3.05) is 6.54 Å². The average Bonchev–Trinajstić information content (AvgIpc) is 2.80. The van der Waals surface area contributed by atoms with Crippen LogP contribution in [0.2, 0.25) is 0 Å². The first kappa shape index (κ1) is 16.5. The monoisotopic (exact) mass is 307 g/mol. The number of amides is 1. The predicted octanol–water partition coefficient (Wildman–Crippen LogP) is 2.27. The number of hydrogen-bond acceptors (Lipinski definition) is 3. The van der Waals surface area contributed by atoms with Gasteiger partial charge in [0.05, 0.1) is 23.2 Å². The van der Waals surface area contributed by atoms with Crippen molar-refractivity contribution in [2.24, 2.45) is 5.92 Å². The van der Waals surface area contributed by atoms with Crippen LogP contribution in [0.15, 0.2) is 6.20 Å². The summed E-state index contributed by atoms with van der Waals surface area (Å²) in [6.07, 6.45) is 2.94. The lowest BCUT2D eigenvalue weighted by Gasteiger charge is -2.36. The first-order valence-electron chi connectivity index (χ1n) is 7.71. The summed E-state index contributed by atoms with van der Waals surface area (Å²) in [6, 6.07) is 0.0560. The first-order chi connectivity index (χ1) is 10.1. The van der Waals surface area contributed by atoms with Crippen LogP contribution in [0.1, 0.15) is 56.6 Å². The number of carboxylic acids is 1. The minimum atomic E-state index is -0.827. The molecule has 2 rings (SSSR count). The lowest BCUT2D eigenvalue weighted by molar-refractivity contribution is -0.143. The second kappa shape index (κ2) is 5.74. The molecule has 0 aliphatic carbocycles. The molecule has 1 aromatic rings. The number of carboxylic acid groups (broad SMARTS) is 1. The Kier molecular flexibility index (Phi) is 4.31. The van der Waals surface area contributed by atoms with Crippen LogP contribution in [0.25, 0.3) is 0 Å². The molecule has 1 aliphatic heterocycles. The molecule has 2 heterocycles. The molecule has 1 aliphatic rings. The molecule has 1 aromatic heterocycles. The number of hydrogen-bond donors (Lipinski definition) is 1. The van der Waals surface area contributed by atoms with Crippen molar-refractivity contribution in [3.63, 3.8) is 0 Å². The summed E-state index contributed by atoms with van der Waals surface area (Å²) in [6.45, 7) is 10.2. The number of carbonyl (C=O) groups is 2. The second-order valence-corrected chi connectivity index (χ2v) is 7.15. The maximum absolute atomic E-state index is 12.8. The number of aliphatic carboxylic acids is 1. The smallest absolute Gasteiger partial charge is 0.308 e. The van der Waals surface area contributed by atoms with Crippen LogP contribution in [0.5, 0.6) is 0 Å². The van der Waals surface area contributed by atoms with Gasteiger partial charge < -0.3 is 10.0 Å². The Morgan fingerprint density at radius 2 is 1.95 bits per heavy atom. The van der Waals surface area contributed by atoms with Crippen LogP contribution in [0, 0.1) is 12.8 Å². The number of rotatable bonds is 2. The summed E-state index contributed by atoms with van der Waals surface area (Å²) in [5.41, 5.74) is 1.19. The van der Waals surface area contributed by atoms with Crippen molar-refractivity contribution >= 4 is 11.9 Å². The molecular formula is C16H25N3O3. The van der Waals surface area contributed by atoms with E-state index in [0.29, 0.717) is 12.0 Å². The van der Waals surface area contributed by atoms with E-state index in [-0.39, 0.29) is 24.0 Å². The third kappa shape index (κ3) is 3.00. The van der Waals surface area contributed by atoms with Gasteiger partial charge in [0.25, 0.3) is 5.91 Å². The molecule has 2 unspecified atom stereocenters. The van der Waals surface area contributed by atoms with Crippen molar-refractivity contribution in [2.45, 2.75) is 59.0 Å². The van der Waals surface area contributed by atoms with Gasteiger partial charge in [-0.25, -0.2) is 0 Å². The summed E-state index contributed by atoms with van der Waals surface area (Å²) in [5.74, 6) is -1.42. The number of nitrogens with zero attached hydrogens (tertiary/aromatic N) is 3. The van der Waals surface area contributed by atoms with Gasteiger partial charge in [0, 0.05) is 18.3 Å². The molecule has 0 spiro atoms. The van der Waals surface area contributed by atoms with Crippen LogP contribution in [0.4, 0.5) is 0 Å². The number of piperidine rings is 1. The highest BCUT2D eigenvalue weighted by atomic mass is 16.4. The Labute approximate surface area is 131 Å². The number of aromatic nitrogens is 2. The fourth-order valence-electron chi connectivity index (χ4n) is 3.04. The second-order valence-electron chi connectivity index (χ2n) is 7.15. The number of carbonyl (C=O) groups excluding carboxylic acids is 1. The molecule has 0 saturated carbocycles. The zero-order chi connectivity index (χ0) is 16.7. The predicted molar refractivity (Wildman–Crippen MR) is 82.8 cm³/mol. The normalized spacial score (nSPS) is 22.7. The van der Waals surface area contributed by atoms with Crippen LogP contribution >= 0.6 is 0 Å². The zero-order valence-corrected chi connectivity index (χ0v) is 14.0.